The van der Waals surface area contributed by atoms with Gasteiger partial charge in [0.05, 0.1) is 4.90 Å². The van der Waals surface area contributed by atoms with Gasteiger partial charge in [0.25, 0.3) is 0 Å². The summed E-state index contributed by atoms with van der Waals surface area (Å²) in [6.07, 6.45) is 4.22. The van der Waals surface area contributed by atoms with Gasteiger partial charge < -0.3 is 4.90 Å². The molecule has 0 bridgehead atoms. The minimum absolute atomic E-state index is 0.373. The Bertz CT molecular complexity index is 839. The third kappa shape index (κ3) is 4.65. The SMILES string of the molecule is Cc1ccc(S(=O)(=O)NCCCc2ccc(N3CCCC3)cc2)c(C)c1. The van der Waals surface area contributed by atoms with E-state index in [-0.39, 0.29) is 0 Å². The lowest BCUT2D eigenvalue weighted by Gasteiger charge is -2.17. The molecule has 0 unspecified atom stereocenters. The van der Waals surface area contributed by atoms with Crippen LogP contribution in [0.3, 0.4) is 0 Å². The Kier molecular flexibility index (Phi) is 5.99. The van der Waals surface area contributed by atoms with Crippen LogP contribution < -0.4 is 9.62 Å². The van der Waals surface area contributed by atoms with Crippen LogP contribution in [0.15, 0.2) is 47.4 Å². The monoisotopic (exact) mass is 372 g/mol. The minimum Gasteiger partial charge on any atom is -0.372 e. The highest BCUT2D eigenvalue weighted by molar-refractivity contribution is 7.89. The maximum Gasteiger partial charge on any atom is 0.240 e. The summed E-state index contributed by atoms with van der Waals surface area (Å²) in [6, 6.07) is 14.1. The summed E-state index contributed by atoms with van der Waals surface area (Å²) in [5.74, 6) is 0. The highest BCUT2D eigenvalue weighted by Crippen LogP contribution is 2.21. The molecule has 26 heavy (non-hydrogen) atoms. The molecule has 0 atom stereocenters. The zero-order chi connectivity index (χ0) is 18.6. The molecule has 0 amide bonds. The Hall–Kier alpha value is -1.85. The zero-order valence-corrected chi connectivity index (χ0v) is 16.5. The van der Waals surface area contributed by atoms with Crippen LogP contribution in [0.5, 0.6) is 0 Å². The van der Waals surface area contributed by atoms with E-state index in [1.165, 1.54) is 24.1 Å². The Morgan fingerprint density at radius 3 is 2.35 bits per heavy atom. The molecule has 4 nitrogen and oxygen atoms in total. The van der Waals surface area contributed by atoms with Gasteiger partial charge in [-0.05, 0) is 68.9 Å². The number of aryl methyl sites for hydroxylation is 3. The Morgan fingerprint density at radius 1 is 1.00 bits per heavy atom. The van der Waals surface area contributed by atoms with Gasteiger partial charge in [-0.2, -0.15) is 0 Å². The summed E-state index contributed by atoms with van der Waals surface area (Å²) >= 11 is 0. The van der Waals surface area contributed by atoms with E-state index in [0.717, 1.165) is 37.1 Å². The van der Waals surface area contributed by atoms with Gasteiger partial charge in [0.15, 0.2) is 0 Å². The topological polar surface area (TPSA) is 49.4 Å². The molecular formula is C21H28N2O2S. The first-order valence-corrected chi connectivity index (χ1v) is 10.8. The second-order valence-corrected chi connectivity index (χ2v) is 8.87. The van der Waals surface area contributed by atoms with E-state index in [0.29, 0.717) is 11.4 Å². The van der Waals surface area contributed by atoms with E-state index in [4.69, 9.17) is 0 Å². The Labute approximate surface area is 157 Å². The zero-order valence-electron chi connectivity index (χ0n) is 15.7. The largest absolute Gasteiger partial charge is 0.372 e. The van der Waals surface area contributed by atoms with Gasteiger partial charge in [0, 0.05) is 25.3 Å². The smallest absolute Gasteiger partial charge is 0.240 e. The van der Waals surface area contributed by atoms with E-state index in [1.54, 1.807) is 6.07 Å². The number of sulfonamides is 1. The second-order valence-electron chi connectivity index (χ2n) is 7.13. The number of nitrogens with one attached hydrogen (secondary N) is 1. The molecule has 1 N–H and O–H groups in total. The van der Waals surface area contributed by atoms with Crippen LogP contribution in [-0.2, 0) is 16.4 Å². The van der Waals surface area contributed by atoms with Crippen LogP contribution >= 0.6 is 0 Å². The van der Waals surface area contributed by atoms with Crippen LogP contribution in [0.25, 0.3) is 0 Å². The van der Waals surface area contributed by atoms with Crippen molar-refractivity contribution in [3.8, 4) is 0 Å². The fraction of sp³-hybridized carbons (Fsp3) is 0.429. The van der Waals surface area contributed by atoms with Crippen LogP contribution in [0, 0.1) is 13.8 Å². The molecule has 5 heteroatoms. The van der Waals surface area contributed by atoms with E-state index in [1.807, 2.05) is 26.0 Å². The van der Waals surface area contributed by atoms with Crippen molar-refractivity contribution >= 4 is 15.7 Å². The van der Waals surface area contributed by atoms with E-state index < -0.39 is 10.0 Å². The van der Waals surface area contributed by atoms with Crippen molar-refractivity contribution in [2.75, 3.05) is 24.5 Å². The average molecular weight is 373 g/mol. The summed E-state index contributed by atoms with van der Waals surface area (Å²) < 4.78 is 27.6. The third-order valence-corrected chi connectivity index (χ3v) is 6.58. The van der Waals surface area contributed by atoms with Gasteiger partial charge in [-0.1, -0.05) is 29.8 Å². The molecule has 1 aliphatic heterocycles. The number of rotatable bonds is 7. The standard InChI is InChI=1S/C21H28N2O2S/c1-17-7-12-21(18(2)16-17)26(24,25)22-13-5-6-19-8-10-20(11-9-19)23-14-3-4-15-23/h7-12,16,22H,3-6,13-15H2,1-2H3. The van der Waals surface area contributed by atoms with Gasteiger partial charge in [-0.3, -0.25) is 0 Å². The molecule has 0 radical (unpaired) electrons. The summed E-state index contributed by atoms with van der Waals surface area (Å²) in [7, 11) is -3.44. The molecule has 0 aromatic heterocycles. The predicted molar refractivity (Wildman–Crippen MR) is 107 cm³/mol. The predicted octanol–water partition coefficient (Wildman–Crippen LogP) is 3.81. The van der Waals surface area contributed by atoms with Gasteiger partial charge in [0.2, 0.25) is 10.0 Å². The van der Waals surface area contributed by atoms with Crippen LogP contribution in [0.1, 0.15) is 36.0 Å². The minimum atomic E-state index is -3.44. The van der Waals surface area contributed by atoms with Gasteiger partial charge in [-0.25, -0.2) is 13.1 Å². The Balaban J connectivity index is 1.50. The van der Waals surface area contributed by atoms with Crippen molar-refractivity contribution in [2.45, 2.75) is 44.4 Å². The molecule has 0 saturated carbocycles. The normalized spacial score (nSPS) is 14.8. The lowest BCUT2D eigenvalue weighted by atomic mass is 10.1. The highest BCUT2D eigenvalue weighted by Gasteiger charge is 2.16. The quantitative estimate of drug-likeness (QED) is 0.752. The van der Waals surface area contributed by atoms with Crippen molar-refractivity contribution in [3.63, 3.8) is 0 Å². The summed E-state index contributed by atoms with van der Waals surface area (Å²) in [5.41, 5.74) is 4.40. The first-order valence-electron chi connectivity index (χ1n) is 9.36. The molecule has 1 fully saturated rings. The van der Waals surface area contributed by atoms with Crippen LogP contribution in [-0.4, -0.2) is 28.1 Å². The van der Waals surface area contributed by atoms with E-state index >= 15 is 0 Å². The number of hydrogen-bond donors (Lipinski definition) is 1. The summed E-state index contributed by atoms with van der Waals surface area (Å²) in [6.45, 7) is 6.55. The highest BCUT2D eigenvalue weighted by atomic mass is 32.2. The van der Waals surface area contributed by atoms with E-state index in [9.17, 15) is 8.42 Å². The van der Waals surface area contributed by atoms with Crippen molar-refractivity contribution in [2.24, 2.45) is 0 Å². The molecule has 1 aliphatic rings. The summed E-state index contributed by atoms with van der Waals surface area (Å²) in [4.78, 5) is 2.79. The fourth-order valence-electron chi connectivity index (χ4n) is 3.53. The molecule has 2 aromatic carbocycles. The average Bonchev–Trinajstić information content (AvgIpc) is 3.13. The summed E-state index contributed by atoms with van der Waals surface area (Å²) in [5, 5.41) is 0. The van der Waals surface area contributed by atoms with Gasteiger partial charge >= 0.3 is 0 Å². The first-order chi connectivity index (χ1) is 12.5. The van der Waals surface area contributed by atoms with Gasteiger partial charge in [0.1, 0.15) is 0 Å². The number of anilines is 1. The molecule has 0 spiro atoms. The van der Waals surface area contributed by atoms with Crippen molar-refractivity contribution in [1.82, 2.24) is 4.72 Å². The molecule has 2 aromatic rings. The van der Waals surface area contributed by atoms with Crippen molar-refractivity contribution < 1.29 is 8.42 Å². The molecule has 0 aliphatic carbocycles. The second kappa shape index (κ2) is 8.23. The maximum absolute atomic E-state index is 12.5. The maximum atomic E-state index is 12.5. The third-order valence-electron chi connectivity index (χ3n) is 4.96. The molecule has 1 saturated heterocycles. The molecular weight excluding hydrogens is 344 g/mol. The Morgan fingerprint density at radius 2 is 1.69 bits per heavy atom. The van der Waals surface area contributed by atoms with E-state index in [2.05, 4.69) is 33.9 Å². The lowest BCUT2D eigenvalue weighted by Crippen LogP contribution is -2.25. The molecule has 140 valence electrons. The van der Waals surface area contributed by atoms with Gasteiger partial charge in [-0.15, -0.1) is 0 Å². The molecule has 3 rings (SSSR count). The van der Waals surface area contributed by atoms with Crippen LogP contribution in [0.2, 0.25) is 0 Å². The first kappa shape index (κ1) is 18.9. The lowest BCUT2D eigenvalue weighted by molar-refractivity contribution is 0.578. The van der Waals surface area contributed by atoms with Crippen molar-refractivity contribution in [3.05, 3.63) is 59.2 Å². The van der Waals surface area contributed by atoms with Crippen molar-refractivity contribution in [1.29, 1.82) is 0 Å². The van der Waals surface area contributed by atoms with Crippen LogP contribution in [0.4, 0.5) is 5.69 Å². The molecule has 1 heterocycles. The number of hydrogen-bond acceptors (Lipinski definition) is 3. The fourth-order valence-corrected chi connectivity index (χ4v) is 4.82. The number of nitrogens with zero attached hydrogens (tertiary/aromatic N) is 1. The number of benzene rings is 2.